The van der Waals surface area contributed by atoms with Crippen molar-refractivity contribution < 1.29 is 24.5 Å². The molecule has 2 fully saturated rings. The molecule has 0 unspecified atom stereocenters. The van der Waals surface area contributed by atoms with Crippen molar-refractivity contribution in [2.24, 2.45) is 0 Å². The second kappa shape index (κ2) is 14.9. The minimum atomic E-state index is -1.11. The van der Waals surface area contributed by atoms with Gasteiger partial charge in [0.2, 0.25) is 11.8 Å². The monoisotopic (exact) mass is 742 g/mol. The van der Waals surface area contributed by atoms with Crippen LogP contribution in [0.1, 0.15) is 30.4 Å². The fraction of sp³-hybridized carbons (Fsp3) is 0.289. The van der Waals surface area contributed by atoms with Crippen LogP contribution in [0.3, 0.4) is 0 Å². The van der Waals surface area contributed by atoms with E-state index in [9.17, 15) is 24.6 Å². The van der Waals surface area contributed by atoms with Crippen LogP contribution >= 0.6 is 23.2 Å². The molecule has 0 bridgehead atoms. The molecule has 3 aromatic heterocycles. The summed E-state index contributed by atoms with van der Waals surface area (Å²) in [7, 11) is 1.47. The number of likely N-dealkylation sites (tertiary alicyclic amines) is 1. The Morgan fingerprint density at radius 2 is 1.73 bits per heavy atom. The first-order valence-electron chi connectivity index (χ1n) is 16.9. The number of aliphatic hydroxyl groups excluding tert-OH is 1. The van der Waals surface area contributed by atoms with E-state index in [1.165, 1.54) is 16.4 Å². The Balaban J connectivity index is 1.16. The second-order valence-corrected chi connectivity index (χ2v) is 13.8. The van der Waals surface area contributed by atoms with Crippen molar-refractivity contribution in [1.82, 2.24) is 29.5 Å². The Hall–Kier alpha value is -5.01. The number of methoxy groups -OCH3 is 1. The maximum absolute atomic E-state index is 13.3. The molecule has 2 aliphatic rings. The molecule has 7 rings (SSSR count). The van der Waals surface area contributed by atoms with Gasteiger partial charge in [-0.1, -0.05) is 59.6 Å². The first-order chi connectivity index (χ1) is 25.1. The van der Waals surface area contributed by atoms with Crippen LogP contribution in [0.5, 0.6) is 5.88 Å². The predicted molar refractivity (Wildman–Crippen MR) is 198 cm³/mol. The summed E-state index contributed by atoms with van der Waals surface area (Å²) >= 11 is 14.2. The van der Waals surface area contributed by atoms with E-state index in [-0.39, 0.29) is 42.6 Å². The number of carboxylic acid groups (broad SMARTS) is 1. The van der Waals surface area contributed by atoms with Crippen molar-refractivity contribution in [1.29, 1.82) is 0 Å². The number of hydrogen-bond acceptors (Lipinski definition) is 8. The Labute approximate surface area is 309 Å². The van der Waals surface area contributed by atoms with Crippen LogP contribution in [0.2, 0.25) is 10.0 Å². The number of aromatic nitrogens is 3. The first kappa shape index (κ1) is 35.4. The number of ether oxygens (including phenoxy) is 1. The summed E-state index contributed by atoms with van der Waals surface area (Å²) in [6.07, 6.45) is 3.47. The fourth-order valence-corrected chi connectivity index (χ4v) is 7.56. The smallest absolute Gasteiger partial charge is 0.407 e. The number of nitrogens with zero attached hydrogens (tertiary/aromatic N) is 5. The zero-order valence-corrected chi connectivity index (χ0v) is 29.8. The van der Waals surface area contributed by atoms with Gasteiger partial charge in [0.25, 0.3) is 5.56 Å². The van der Waals surface area contributed by atoms with Crippen LogP contribution in [0, 0.1) is 0 Å². The average molecular weight is 744 g/mol. The zero-order chi connectivity index (χ0) is 36.5. The lowest BCUT2D eigenvalue weighted by Gasteiger charge is -2.23. The number of carbonyl (C=O) groups excluding carboxylic acids is 1. The lowest BCUT2D eigenvalue weighted by molar-refractivity contribution is -0.119. The quantitative estimate of drug-likeness (QED) is 0.163. The number of carbonyl (C=O) groups is 2. The average Bonchev–Trinajstić information content (AvgIpc) is 3.75. The maximum Gasteiger partial charge on any atom is 0.407 e. The molecule has 3 N–H and O–H groups in total. The van der Waals surface area contributed by atoms with E-state index >= 15 is 0 Å². The zero-order valence-electron chi connectivity index (χ0n) is 28.3. The summed E-state index contributed by atoms with van der Waals surface area (Å²) in [6, 6.07) is 18.2. The van der Waals surface area contributed by atoms with Crippen LogP contribution in [0.25, 0.3) is 39.2 Å². The number of benzene rings is 2. The molecular formula is C38H36Cl2N6O6. The third-order valence-electron chi connectivity index (χ3n) is 9.59. The second-order valence-electron chi connectivity index (χ2n) is 13.1. The van der Waals surface area contributed by atoms with Gasteiger partial charge < -0.3 is 25.2 Å². The van der Waals surface area contributed by atoms with Crippen LogP contribution < -0.4 is 15.6 Å². The molecule has 2 saturated heterocycles. The summed E-state index contributed by atoms with van der Waals surface area (Å²) in [5.41, 5.74) is 5.49. The van der Waals surface area contributed by atoms with Crippen LogP contribution in [-0.4, -0.2) is 85.3 Å². The highest BCUT2D eigenvalue weighted by Crippen LogP contribution is 2.42. The first-order valence-corrected chi connectivity index (χ1v) is 17.6. The van der Waals surface area contributed by atoms with Gasteiger partial charge in [-0.2, -0.15) is 0 Å². The highest BCUT2D eigenvalue weighted by Gasteiger charge is 2.27. The van der Waals surface area contributed by atoms with E-state index in [0.717, 1.165) is 17.7 Å². The number of nitrogens with one attached hydrogen (secondary N) is 1. The molecule has 5 aromatic rings. The maximum atomic E-state index is 13.3. The van der Waals surface area contributed by atoms with Crippen molar-refractivity contribution in [2.75, 3.05) is 26.7 Å². The summed E-state index contributed by atoms with van der Waals surface area (Å²) in [5, 5.41) is 23.4. The van der Waals surface area contributed by atoms with Crippen LogP contribution in [-0.2, 0) is 17.9 Å². The van der Waals surface area contributed by atoms with E-state index < -0.39 is 6.09 Å². The van der Waals surface area contributed by atoms with E-state index in [0.29, 0.717) is 81.6 Å². The van der Waals surface area contributed by atoms with Crippen molar-refractivity contribution in [3.63, 3.8) is 0 Å². The molecule has 2 aromatic carbocycles. The van der Waals surface area contributed by atoms with Gasteiger partial charge in [-0.15, -0.1) is 0 Å². The van der Waals surface area contributed by atoms with Gasteiger partial charge in [-0.25, -0.2) is 14.8 Å². The van der Waals surface area contributed by atoms with E-state index in [1.54, 1.807) is 24.5 Å². The number of rotatable bonds is 10. The number of hydrogen-bond donors (Lipinski definition) is 3. The predicted octanol–water partition coefficient (Wildman–Crippen LogP) is 5.73. The molecule has 0 aliphatic carbocycles. The normalized spacial score (nSPS) is 17.4. The van der Waals surface area contributed by atoms with Crippen LogP contribution in [0.4, 0.5) is 4.79 Å². The molecule has 14 heteroatoms. The van der Waals surface area contributed by atoms with Crippen LogP contribution in [0.15, 0.2) is 77.9 Å². The molecule has 0 saturated carbocycles. The Bertz CT molecular complexity index is 2250. The Kier molecular flexibility index (Phi) is 10.2. The molecule has 2 amide bonds. The lowest BCUT2D eigenvalue weighted by atomic mass is 9.97. The third kappa shape index (κ3) is 7.20. The van der Waals surface area contributed by atoms with Gasteiger partial charge >= 0.3 is 6.09 Å². The minimum Gasteiger partial charge on any atom is -0.481 e. The number of β-amino-alcohol motifs (C(OH)–C–C–N with tert-alkyl or cyclic N) is 1. The standard InChI is InChI=1S/C38H36Cl2N6O6/c1-52-36-23(19-45(38(50)51)20-25-9-11-33(48)42-25)8-10-31(43-36)30-7-3-6-29(35(30)40)28-5-2-4-27(34(28)39)22-12-15-46-32(16-22)41-17-24(37(46)49)18-44-14-13-26(47)21-44/h2-8,10,12,15-17,25-26,47H,9,11,13-14,18-21H2,1H3,(H,42,48)(H,50,51)/t25-,26-/m0/s1. The van der Waals surface area contributed by atoms with E-state index in [2.05, 4.69) is 10.3 Å². The summed E-state index contributed by atoms with van der Waals surface area (Å²) in [4.78, 5) is 49.6. The SMILES string of the molecule is COc1nc(-c2cccc(-c3cccc(-c4ccn5c(=O)c(CN6CC[C@H](O)C6)cnc5c4)c3Cl)c2Cl)ccc1CN(C[C@@H]1CCC(=O)N1)C(=O)O. The summed E-state index contributed by atoms with van der Waals surface area (Å²) in [6.45, 7) is 1.88. The number of fused-ring (bicyclic) bond motifs is 1. The van der Waals surface area contributed by atoms with Gasteiger partial charge in [0.15, 0.2) is 0 Å². The number of halogens is 2. The molecule has 5 heterocycles. The number of aliphatic hydroxyl groups is 1. The van der Waals surface area contributed by atoms with Crippen molar-refractivity contribution in [3.8, 4) is 39.4 Å². The molecular weight excluding hydrogens is 707 g/mol. The molecule has 0 radical (unpaired) electrons. The van der Waals surface area contributed by atoms with Gasteiger partial charge in [0, 0.05) is 78.9 Å². The number of pyridine rings is 2. The molecule has 2 atom stereocenters. The molecule has 12 nitrogen and oxygen atoms in total. The third-order valence-corrected chi connectivity index (χ3v) is 10.4. The molecule has 52 heavy (non-hydrogen) atoms. The summed E-state index contributed by atoms with van der Waals surface area (Å²) in [5.74, 6) is 0.173. The summed E-state index contributed by atoms with van der Waals surface area (Å²) < 4.78 is 7.11. The van der Waals surface area contributed by atoms with Gasteiger partial charge in [0.05, 0.1) is 41.1 Å². The minimum absolute atomic E-state index is 0.0258. The number of amides is 2. The van der Waals surface area contributed by atoms with E-state index in [1.807, 2.05) is 53.4 Å². The van der Waals surface area contributed by atoms with Crippen molar-refractivity contribution in [2.45, 2.75) is 44.5 Å². The highest BCUT2D eigenvalue weighted by atomic mass is 35.5. The fourth-order valence-electron chi connectivity index (χ4n) is 6.90. The molecule has 268 valence electrons. The van der Waals surface area contributed by atoms with Gasteiger partial charge in [-0.3, -0.25) is 18.9 Å². The highest BCUT2D eigenvalue weighted by molar-refractivity contribution is 6.39. The topological polar surface area (TPSA) is 150 Å². The van der Waals surface area contributed by atoms with Crippen molar-refractivity contribution in [3.05, 3.63) is 105 Å². The van der Waals surface area contributed by atoms with Crippen molar-refractivity contribution >= 4 is 40.8 Å². The molecule has 2 aliphatic heterocycles. The Morgan fingerprint density at radius 1 is 1.00 bits per heavy atom. The Morgan fingerprint density at radius 3 is 2.40 bits per heavy atom. The van der Waals surface area contributed by atoms with Gasteiger partial charge in [-0.05, 0) is 42.7 Å². The van der Waals surface area contributed by atoms with Gasteiger partial charge in [0.1, 0.15) is 5.65 Å². The lowest BCUT2D eigenvalue weighted by Crippen LogP contribution is -2.41. The van der Waals surface area contributed by atoms with E-state index in [4.69, 9.17) is 32.9 Å². The molecule has 0 spiro atoms. The largest absolute Gasteiger partial charge is 0.481 e.